The van der Waals surface area contributed by atoms with Crippen molar-refractivity contribution in [2.45, 2.75) is 24.9 Å². The molecule has 2 rings (SSSR count). The summed E-state index contributed by atoms with van der Waals surface area (Å²) in [5, 5.41) is 27.9. The minimum atomic E-state index is 0.0512. The average molecular weight is 201 g/mol. The van der Waals surface area contributed by atoms with Crippen molar-refractivity contribution in [3.8, 4) is 0 Å². The zero-order valence-electron chi connectivity index (χ0n) is 8.34. The minimum absolute atomic E-state index is 0.0512. The van der Waals surface area contributed by atoms with Gasteiger partial charge in [0.05, 0.1) is 6.61 Å². The fourth-order valence-corrected chi connectivity index (χ4v) is 3.26. The Morgan fingerprint density at radius 3 is 2.29 bits per heavy atom. The van der Waals surface area contributed by atoms with E-state index >= 15 is 0 Å². The van der Waals surface area contributed by atoms with E-state index < -0.39 is 0 Å². The number of rotatable bonds is 3. The van der Waals surface area contributed by atoms with Crippen LogP contribution in [0, 0.1) is 11.8 Å². The van der Waals surface area contributed by atoms with Gasteiger partial charge in [0, 0.05) is 37.1 Å². The Hall–Kier alpha value is -0.160. The summed E-state index contributed by atoms with van der Waals surface area (Å²) in [6.45, 7) is 1.30. The topological polar surface area (TPSA) is 63.9 Å². The largest absolute Gasteiger partial charge is 0.396 e. The van der Waals surface area contributed by atoms with Crippen molar-refractivity contribution >= 4 is 0 Å². The van der Waals surface area contributed by atoms with Crippen LogP contribution in [-0.2, 0) is 0 Å². The molecule has 0 aromatic rings. The molecule has 0 aromatic heterocycles. The molecule has 4 heteroatoms. The van der Waals surface area contributed by atoms with E-state index in [4.69, 9.17) is 0 Å². The van der Waals surface area contributed by atoms with Gasteiger partial charge in [0.25, 0.3) is 0 Å². The summed E-state index contributed by atoms with van der Waals surface area (Å²) >= 11 is 0. The van der Waals surface area contributed by atoms with Gasteiger partial charge in [0.2, 0.25) is 0 Å². The van der Waals surface area contributed by atoms with Crippen LogP contribution in [0.3, 0.4) is 0 Å². The normalized spacial score (nSPS) is 43.1. The molecule has 2 aliphatic rings. The summed E-state index contributed by atoms with van der Waals surface area (Å²) in [6, 6.07) is 0.443. The van der Waals surface area contributed by atoms with E-state index in [1.165, 1.54) is 0 Å². The number of aliphatic hydroxyl groups is 3. The molecule has 14 heavy (non-hydrogen) atoms. The second-order valence-electron chi connectivity index (χ2n) is 4.39. The van der Waals surface area contributed by atoms with Gasteiger partial charge in [-0.3, -0.25) is 4.90 Å². The predicted molar refractivity (Wildman–Crippen MR) is 51.8 cm³/mol. The van der Waals surface area contributed by atoms with Crippen molar-refractivity contribution in [1.29, 1.82) is 0 Å². The average Bonchev–Trinajstić information content (AvgIpc) is 2.74. The lowest BCUT2D eigenvalue weighted by atomic mass is 9.87. The summed E-state index contributed by atoms with van der Waals surface area (Å²) in [5.74, 6) is 0.204. The van der Waals surface area contributed by atoms with Gasteiger partial charge in [-0.15, -0.1) is 0 Å². The monoisotopic (exact) mass is 201 g/mol. The van der Waals surface area contributed by atoms with Crippen LogP contribution in [0.4, 0.5) is 0 Å². The molecule has 0 aliphatic carbocycles. The molecule has 3 N–H and O–H groups in total. The van der Waals surface area contributed by atoms with Crippen LogP contribution in [0.15, 0.2) is 0 Å². The van der Waals surface area contributed by atoms with Crippen LogP contribution in [-0.4, -0.2) is 58.7 Å². The zero-order chi connectivity index (χ0) is 10.1. The molecule has 0 amide bonds. The molecule has 0 radical (unpaired) electrons. The highest BCUT2D eigenvalue weighted by molar-refractivity contribution is 5.01. The van der Waals surface area contributed by atoms with Gasteiger partial charge in [-0.05, 0) is 19.4 Å². The Bertz CT molecular complexity index is 175. The lowest BCUT2D eigenvalue weighted by Crippen LogP contribution is -2.37. The number of hydrogen-bond acceptors (Lipinski definition) is 4. The Balaban J connectivity index is 2.16. The van der Waals surface area contributed by atoms with Crippen molar-refractivity contribution in [3.63, 3.8) is 0 Å². The van der Waals surface area contributed by atoms with E-state index in [0.29, 0.717) is 6.04 Å². The molecule has 4 atom stereocenters. The number of aliphatic hydroxyl groups excluding tert-OH is 3. The zero-order valence-corrected chi connectivity index (χ0v) is 8.34. The van der Waals surface area contributed by atoms with Crippen molar-refractivity contribution in [2.75, 3.05) is 26.4 Å². The van der Waals surface area contributed by atoms with Gasteiger partial charge in [-0.25, -0.2) is 0 Å². The lowest BCUT2D eigenvalue weighted by molar-refractivity contribution is 0.0945. The van der Waals surface area contributed by atoms with Crippen LogP contribution in [0.2, 0.25) is 0 Å². The first-order chi connectivity index (χ1) is 6.83. The smallest absolute Gasteiger partial charge is 0.0590 e. The lowest BCUT2D eigenvalue weighted by Gasteiger charge is -2.24. The molecule has 0 saturated carbocycles. The molecule has 2 saturated heterocycles. The first-order valence-corrected chi connectivity index (χ1v) is 5.41. The first-order valence-electron chi connectivity index (χ1n) is 5.41. The molecule has 2 aliphatic heterocycles. The summed E-state index contributed by atoms with van der Waals surface area (Å²) in [6.07, 6.45) is 2.24. The molecule has 0 bridgehead atoms. The highest BCUT2D eigenvalue weighted by Gasteiger charge is 2.49. The molecule has 4 nitrogen and oxygen atoms in total. The van der Waals surface area contributed by atoms with E-state index in [2.05, 4.69) is 4.90 Å². The second kappa shape index (κ2) is 4.14. The highest BCUT2D eigenvalue weighted by Crippen LogP contribution is 2.40. The molecular formula is C10H19NO3. The summed E-state index contributed by atoms with van der Waals surface area (Å²) < 4.78 is 0. The van der Waals surface area contributed by atoms with E-state index in [1.54, 1.807) is 0 Å². The highest BCUT2D eigenvalue weighted by atomic mass is 16.3. The Morgan fingerprint density at radius 1 is 1.00 bits per heavy atom. The predicted octanol–water partition coefficient (Wildman–Crippen LogP) is -0.958. The third-order valence-corrected chi connectivity index (χ3v) is 3.92. The van der Waals surface area contributed by atoms with Crippen molar-refractivity contribution in [1.82, 2.24) is 4.90 Å². The van der Waals surface area contributed by atoms with Crippen molar-refractivity contribution < 1.29 is 15.3 Å². The number of hydrogen-bond donors (Lipinski definition) is 3. The quantitative estimate of drug-likeness (QED) is 0.550. The molecule has 0 aromatic carbocycles. The van der Waals surface area contributed by atoms with Crippen LogP contribution in [0.25, 0.3) is 0 Å². The van der Waals surface area contributed by atoms with Crippen LogP contribution in [0.1, 0.15) is 12.8 Å². The van der Waals surface area contributed by atoms with E-state index in [0.717, 1.165) is 19.4 Å². The van der Waals surface area contributed by atoms with E-state index in [-0.39, 0.29) is 37.7 Å². The first kappa shape index (κ1) is 10.4. The Kier molecular flexibility index (Phi) is 3.07. The standard InChI is InChI=1S/C10H19NO3/c12-4-7-8(5-13)10(6-14)11-3-1-2-9(7)11/h7-10,12-14H,1-6H2/t7-,8-,9+,10+/m1/s1. The van der Waals surface area contributed by atoms with Gasteiger partial charge in [-0.1, -0.05) is 0 Å². The van der Waals surface area contributed by atoms with E-state index in [1.807, 2.05) is 0 Å². The number of nitrogens with zero attached hydrogens (tertiary/aromatic N) is 1. The maximum atomic E-state index is 9.31. The van der Waals surface area contributed by atoms with Gasteiger partial charge >= 0.3 is 0 Å². The fourth-order valence-electron chi connectivity index (χ4n) is 3.26. The van der Waals surface area contributed by atoms with Crippen molar-refractivity contribution in [2.24, 2.45) is 11.8 Å². The Labute approximate surface area is 84.2 Å². The molecule has 0 spiro atoms. The summed E-state index contributed by atoms with van der Waals surface area (Å²) in [4.78, 5) is 2.27. The third-order valence-electron chi connectivity index (χ3n) is 3.92. The van der Waals surface area contributed by atoms with Crippen LogP contribution < -0.4 is 0 Å². The SMILES string of the molecule is OC[C@@H]1[C@@H](CO)[C@@H]2CCCN2[C@H]1CO. The van der Waals surface area contributed by atoms with Gasteiger partial charge in [0.15, 0.2) is 0 Å². The fraction of sp³-hybridized carbons (Fsp3) is 1.00. The van der Waals surface area contributed by atoms with Gasteiger partial charge < -0.3 is 15.3 Å². The maximum Gasteiger partial charge on any atom is 0.0590 e. The second-order valence-corrected chi connectivity index (χ2v) is 4.39. The van der Waals surface area contributed by atoms with Gasteiger partial charge in [0.1, 0.15) is 0 Å². The van der Waals surface area contributed by atoms with Gasteiger partial charge in [-0.2, -0.15) is 0 Å². The molecule has 82 valence electrons. The third kappa shape index (κ3) is 1.37. The van der Waals surface area contributed by atoms with Crippen molar-refractivity contribution in [3.05, 3.63) is 0 Å². The summed E-state index contributed by atoms with van der Waals surface area (Å²) in [7, 11) is 0. The Morgan fingerprint density at radius 2 is 1.71 bits per heavy atom. The molecule has 2 fully saturated rings. The maximum absolute atomic E-state index is 9.31. The molecule has 2 heterocycles. The number of fused-ring (bicyclic) bond motifs is 1. The van der Waals surface area contributed by atoms with E-state index in [9.17, 15) is 15.3 Å². The van der Waals surface area contributed by atoms with Crippen LogP contribution >= 0.6 is 0 Å². The van der Waals surface area contributed by atoms with Crippen LogP contribution in [0.5, 0.6) is 0 Å². The molecular weight excluding hydrogens is 182 g/mol. The summed E-state index contributed by atoms with van der Waals surface area (Å²) in [5.41, 5.74) is 0. The minimum Gasteiger partial charge on any atom is -0.396 e. The molecule has 0 unspecified atom stereocenters.